The second kappa shape index (κ2) is 9.38. The van der Waals surface area contributed by atoms with Gasteiger partial charge >= 0.3 is 0 Å². The number of aryl methyl sites for hydroxylation is 2. The molecule has 1 aliphatic carbocycles. The van der Waals surface area contributed by atoms with Gasteiger partial charge in [0.2, 0.25) is 10.0 Å². The average Bonchev–Trinajstić information content (AvgIpc) is 3.38. The van der Waals surface area contributed by atoms with E-state index in [0.29, 0.717) is 5.69 Å². The van der Waals surface area contributed by atoms with Crippen molar-refractivity contribution in [3.63, 3.8) is 0 Å². The fourth-order valence-electron chi connectivity index (χ4n) is 4.99. The van der Waals surface area contributed by atoms with Crippen LogP contribution in [0.25, 0.3) is 11.0 Å². The van der Waals surface area contributed by atoms with Crippen molar-refractivity contribution in [2.24, 2.45) is 0 Å². The summed E-state index contributed by atoms with van der Waals surface area (Å²) in [5, 5.41) is 2.89. The molecule has 1 aromatic heterocycles. The van der Waals surface area contributed by atoms with E-state index in [-0.39, 0.29) is 28.2 Å². The first-order valence-corrected chi connectivity index (χ1v) is 13.4. The lowest BCUT2D eigenvalue weighted by Crippen LogP contribution is -2.33. The van der Waals surface area contributed by atoms with Gasteiger partial charge in [-0.05, 0) is 62.1 Å². The highest BCUT2D eigenvalue weighted by Crippen LogP contribution is 2.28. The Kier molecular flexibility index (Phi) is 6.31. The lowest BCUT2D eigenvalue weighted by Gasteiger charge is -2.16. The first kappa shape index (κ1) is 22.9. The molecule has 0 spiro atoms. The van der Waals surface area contributed by atoms with Gasteiger partial charge in [-0.25, -0.2) is 18.1 Å². The predicted octanol–water partition coefficient (Wildman–Crippen LogP) is 4.24. The number of methoxy groups -OCH3 is 1. The Labute approximate surface area is 199 Å². The summed E-state index contributed by atoms with van der Waals surface area (Å²) < 4.78 is 36.4. The molecule has 1 amide bonds. The molecule has 0 unspecified atom stereocenters. The van der Waals surface area contributed by atoms with E-state index < -0.39 is 10.0 Å². The molecule has 0 radical (unpaired) electrons. The third-order valence-electron chi connectivity index (χ3n) is 6.76. The number of hydrogen-bond acceptors (Lipinski definition) is 5. The molecule has 0 saturated heterocycles. The fraction of sp³-hybridized carbons (Fsp3) is 0.440. The summed E-state index contributed by atoms with van der Waals surface area (Å²) >= 11 is 0. The number of imidazole rings is 1. The number of carbonyl (C=O) groups excluding carboxylic acids is 1. The van der Waals surface area contributed by atoms with E-state index in [9.17, 15) is 13.2 Å². The fourth-order valence-corrected chi connectivity index (χ4v) is 6.49. The minimum atomic E-state index is -3.82. The van der Waals surface area contributed by atoms with Crippen molar-refractivity contribution in [2.45, 2.75) is 68.8 Å². The molecule has 180 valence electrons. The highest BCUT2D eigenvalue weighted by molar-refractivity contribution is 7.89. The molecule has 1 aliphatic heterocycles. The second-order valence-electron chi connectivity index (χ2n) is 9.12. The van der Waals surface area contributed by atoms with E-state index in [1.54, 1.807) is 6.07 Å². The van der Waals surface area contributed by atoms with Crippen LogP contribution in [-0.4, -0.2) is 37.0 Å². The number of anilines is 1. The number of nitrogens with zero attached hydrogens (tertiary/aromatic N) is 2. The first-order chi connectivity index (χ1) is 16.4. The first-order valence-electron chi connectivity index (χ1n) is 12.0. The zero-order valence-corrected chi connectivity index (χ0v) is 20.2. The Morgan fingerprint density at radius 1 is 1.06 bits per heavy atom. The number of aromatic nitrogens is 2. The van der Waals surface area contributed by atoms with Crippen LogP contribution in [0, 0.1) is 0 Å². The van der Waals surface area contributed by atoms with Gasteiger partial charge in [0.15, 0.2) is 0 Å². The van der Waals surface area contributed by atoms with Crippen molar-refractivity contribution in [3.8, 4) is 5.75 Å². The lowest BCUT2D eigenvalue weighted by molar-refractivity contribution is 0.102. The number of fused-ring (bicyclic) bond motifs is 3. The van der Waals surface area contributed by atoms with Gasteiger partial charge in [-0.3, -0.25) is 4.79 Å². The maximum absolute atomic E-state index is 13.0. The number of hydrogen-bond donors (Lipinski definition) is 2. The van der Waals surface area contributed by atoms with Crippen molar-refractivity contribution < 1.29 is 17.9 Å². The lowest BCUT2D eigenvalue weighted by atomic mass is 10.2. The summed E-state index contributed by atoms with van der Waals surface area (Å²) in [6.07, 6.45) is 8.14. The third-order valence-corrected chi connectivity index (χ3v) is 8.30. The summed E-state index contributed by atoms with van der Waals surface area (Å²) in [6, 6.07) is 10.1. The summed E-state index contributed by atoms with van der Waals surface area (Å²) in [4.78, 5) is 17.8. The van der Waals surface area contributed by atoms with Crippen molar-refractivity contribution in [3.05, 3.63) is 47.8 Å². The van der Waals surface area contributed by atoms with Crippen molar-refractivity contribution >= 4 is 32.7 Å². The van der Waals surface area contributed by atoms with Crippen LogP contribution >= 0.6 is 0 Å². The summed E-state index contributed by atoms with van der Waals surface area (Å²) in [7, 11) is -2.39. The van der Waals surface area contributed by atoms with Gasteiger partial charge in [0.25, 0.3) is 5.91 Å². The van der Waals surface area contributed by atoms with Gasteiger partial charge in [0.05, 0.1) is 18.1 Å². The number of amides is 1. The molecule has 1 saturated carbocycles. The van der Waals surface area contributed by atoms with E-state index in [1.807, 2.05) is 18.2 Å². The molecule has 2 aliphatic rings. The molecule has 0 bridgehead atoms. The highest BCUT2D eigenvalue weighted by Gasteiger charge is 2.26. The summed E-state index contributed by atoms with van der Waals surface area (Å²) in [6.45, 7) is 0.968. The molecule has 3 aromatic rings. The van der Waals surface area contributed by atoms with Gasteiger partial charge < -0.3 is 14.6 Å². The number of sulfonamides is 1. The third kappa shape index (κ3) is 4.54. The van der Waals surface area contributed by atoms with Crippen LogP contribution in [0.2, 0.25) is 0 Å². The maximum Gasteiger partial charge on any atom is 0.255 e. The second-order valence-corrected chi connectivity index (χ2v) is 10.8. The molecule has 5 rings (SSSR count). The number of carbonyl (C=O) groups is 1. The van der Waals surface area contributed by atoms with E-state index in [4.69, 9.17) is 9.72 Å². The average molecular weight is 483 g/mol. The van der Waals surface area contributed by atoms with Crippen LogP contribution in [0.3, 0.4) is 0 Å². The van der Waals surface area contributed by atoms with Gasteiger partial charge in [0.1, 0.15) is 16.5 Å². The SMILES string of the molecule is COc1ccc(C(=O)Nc2ccc3c(c2)nc2n3CCCCC2)cc1S(=O)(=O)NC1CCCC1. The molecule has 9 heteroatoms. The van der Waals surface area contributed by atoms with Crippen LogP contribution in [0.15, 0.2) is 41.3 Å². The summed E-state index contributed by atoms with van der Waals surface area (Å²) in [5.74, 6) is 0.916. The summed E-state index contributed by atoms with van der Waals surface area (Å²) in [5.41, 5.74) is 2.79. The maximum atomic E-state index is 13.0. The van der Waals surface area contributed by atoms with Crippen molar-refractivity contribution in [1.29, 1.82) is 0 Å². The molecular formula is C25H30N4O4S. The quantitative estimate of drug-likeness (QED) is 0.547. The highest BCUT2D eigenvalue weighted by atomic mass is 32.2. The van der Waals surface area contributed by atoms with Gasteiger partial charge in [-0.2, -0.15) is 0 Å². The van der Waals surface area contributed by atoms with E-state index >= 15 is 0 Å². The van der Waals surface area contributed by atoms with Crippen LogP contribution < -0.4 is 14.8 Å². The van der Waals surface area contributed by atoms with Gasteiger partial charge in [-0.15, -0.1) is 0 Å². The van der Waals surface area contributed by atoms with E-state index in [1.165, 1.54) is 25.7 Å². The zero-order valence-electron chi connectivity index (χ0n) is 19.3. The number of rotatable bonds is 6. The Balaban J connectivity index is 1.39. The molecule has 34 heavy (non-hydrogen) atoms. The largest absolute Gasteiger partial charge is 0.495 e. The Hall–Kier alpha value is -2.91. The molecule has 2 aromatic carbocycles. The van der Waals surface area contributed by atoms with Crippen LogP contribution in [0.1, 0.15) is 61.1 Å². The number of nitrogens with one attached hydrogen (secondary N) is 2. The van der Waals surface area contributed by atoms with Gasteiger partial charge in [0, 0.05) is 30.3 Å². The molecule has 2 heterocycles. The van der Waals surface area contributed by atoms with Crippen LogP contribution in [0.5, 0.6) is 5.75 Å². The number of benzene rings is 2. The minimum absolute atomic E-state index is 0.0251. The topological polar surface area (TPSA) is 102 Å². The van der Waals surface area contributed by atoms with Crippen LogP contribution in [0.4, 0.5) is 5.69 Å². The molecule has 0 atom stereocenters. The van der Waals surface area contributed by atoms with Gasteiger partial charge in [-0.1, -0.05) is 19.3 Å². The molecule has 2 N–H and O–H groups in total. The molecular weight excluding hydrogens is 452 g/mol. The molecule has 1 fully saturated rings. The Bertz CT molecular complexity index is 1330. The normalized spacial score (nSPS) is 16.9. The van der Waals surface area contributed by atoms with Crippen molar-refractivity contribution in [2.75, 3.05) is 12.4 Å². The van der Waals surface area contributed by atoms with E-state index in [2.05, 4.69) is 14.6 Å². The monoisotopic (exact) mass is 482 g/mol. The number of ether oxygens (including phenoxy) is 1. The Morgan fingerprint density at radius 3 is 2.68 bits per heavy atom. The van der Waals surface area contributed by atoms with Crippen LogP contribution in [-0.2, 0) is 23.0 Å². The Morgan fingerprint density at radius 2 is 1.88 bits per heavy atom. The van der Waals surface area contributed by atoms with Crippen molar-refractivity contribution in [1.82, 2.24) is 14.3 Å². The van der Waals surface area contributed by atoms with E-state index in [0.717, 1.165) is 68.3 Å². The standard InChI is InChI=1S/C25H30N4O4S/c1-33-22-13-10-17(15-23(22)34(31,32)28-18-7-4-5-8-18)25(30)26-19-11-12-21-20(16-19)27-24-9-3-2-6-14-29(21)24/h10-13,15-16,18,28H,2-9,14H2,1H3,(H,26,30). The smallest absolute Gasteiger partial charge is 0.255 e. The minimum Gasteiger partial charge on any atom is -0.495 e. The zero-order chi connectivity index (χ0) is 23.7. The molecule has 8 nitrogen and oxygen atoms in total. The predicted molar refractivity (Wildman–Crippen MR) is 131 cm³/mol.